The first-order chi connectivity index (χ1) is 7.24. The molecule has 0 heterocycles. The summed E-state index contributed by atoms with van der Waals surface area (Å²) in [6.45, 7) is 0. The minimum absolute atomic E-state index is 0.898. The summed E-state index contributed by atoms with van der Waals surface area (Å²) in [6, 6.07) is 16.3. The molecule has 0 N–H and O–H groups in total. The first-order valence-corrected chi connectivity index (χ1v) is 7.05. The summed E-state index contributed by atoms with van der Waals surface area (Å²) in [5, 5.41) is 0. The van der Waals surface area contributed by atoms with Gasteiger partial charge in [-0.25, -0.2) is 0 Å². The van der Waals surface area contributed by atoms with E-state index >= 15 is 0 Å². The third-order valence-corrected chi connectivity index (χ3v) is 3.53. The fraction of sp³-hybridized carbons (Fsp3) is 0. The zero-order valence-electron chi connectivity index (χ0n) is 8.18. The van der Waals surface area contributed by atoms with Crippen LogP contribution in [0.2, 0.25) is 0 Å². The second-order valence-electron chi connectivity index (χ2n) is 3.24. The van der Waals surface area contributed by atoms with Gasteiger partial charge in [0.2, 0.25) is 0 Å². The number of hydrogen-bond donors (Lipinski definition) is 0. The van der Waals surface area contributed by atoms with Gasteiger partial charge in [0.05, 0.1) is 0 Å². The van der Waals surface area contributed by atoms with E-state index in [1.54, 1.807) is 33.7 Å². The molecule has 76 valence electrons. The van der Waals surface area contributed by atoms with Crippen molar-refractivity contribution in [1.82, 2.24) is 0 Å². The molecule has 0 amide bonds. The fourth-order valence-electron chi connectivity index (χ4n) is 1.25. The molecule has 0 aliphatic heterocycles. The molecule has 0 bridgehead atoms. The molecule has 1 nitrogen and oxygen atoms in total. The standard InChI is InChI=1S/C12H12As2O/c13-9-4-6-11(7-5-9)15-12-3-1-2-10(14)8-12/h1-8H,13-14H2. The van der Waals surface area contributed by atoms with E-state index in [-0.39, 0.29) is 0 Å². The van der Waals surface area contributed by atoms with Crippen LogP contribution < -0.4 is 13.4 Å². The summed E-state index contributed by atoms with van der Waals surface area (Å²) in [4.78, 5) is 0. The molecule has 15 heavy (non-hydrogen) atoms. The molecule has 0 aromatic heterocycles. The van der Waals surface area contributed by atoms with Crippen molar-refractivity contribution in [3.8, 4) is 11.5 Å². The van der Waals surface area contributed by atoms with Gasteiger partial charge in [-0.15, -0.1) is 0 Å². The van der Waals surface area contributed by atoms with Crippen molar-refractivity contribution >= 4 is 42.4 Å². The van der Waals surface area contributed by atoms with Gasteiger partial charge >= 0.3 is 107 Å². The Morgan fingerprint density at radius 3 is 2.13 bits per heavy atom. The summed E-state index contributed by atoms with van der Waals surface area (Å²) in [7, 11) is 0. The quantitative estimate of drug-likeness (QED) is 0.707. The van der Waals surface area contributed by atoms with E-state index in [9.17, 15) is 0 Å². The van der Waals surface area contributed by atoms with Crippen molar-refractivity contribution in [2.75, 3.05) is 0 Å². The summed E-state index contributed by atoms with van der Waals surface area (Å²) in [5.74, 6) is 1.81. The van der Waals surface area contributed by atoms with Gasteiger partial charge in [-0.2, -0.15) is 0 Å². The van der Waals surface area contributed by atoms with Crippen LogP contribution in [0.1, 0.15) is 0 Å². The SMILES string of the molecule is [AsH2]c1ccc(Oc2cccc([AsH2])c2)cc1. The van der Waals surface area contributed by atoms with E-state index in [1.165, 1.54) is 8.70 Å². The topological polar surface area (TPSA) is 9.23 Å². The van der Waals surface area contributed by atoms with Crippen molar-refractivity contribution < 1.29 is 4.74 Å². The average Bonchev–Trinajstić information content (AvgIpc) is 2.22. The third-order valence-electron chi connectivity index (χ3n) is 1.97. The van der Waals surface area contributed by atoms with Crippen molar-refractivity contribution in [3.63, 3.8) is 0 Å². The first-order valence-electron chi connectivity index (χ1n) is 4.63. The molecule has 2 atom stereocenters. The number of rotatable bonds is 2. The maximum absolute atomic E-state index is 5.73. The zero-order valence-corrected chi connectivity index (χ0v) is 13.0. The van der Waals surface area contributed by atoms with Crippen LogP contribution in [0.3, 0.4) is 0 Å². The van der Waals surface area contributed by atoms with E-state index in [1.807, 2.05) is 24.3 Å². The van der Waals surface area contributed by atoms with Gasteiger partial charge in [0, 0.05) is 0 Å². The summed E-state index contributed by atoms with van der Waals surface area (Å²) in [5.41, 5.74) is 0. The molecule has 2 unspecified atom stereocenters. The normalized spacial score (nSPS) is 10.0. The van der Waals surface area contributed by atoms with E-state index in [0.717, 1.165) is 11.5 Å². The Bertz CT molecular complexity index is 451. The van der Waals surface area contributed by atoms with Crippen molar-refractivity contribution in [1.29, 1.82) is 0 Å². The Morgan fingerprint density at radius 2 is 1.47 bits per heavy atom. The molecule has 0 spiro atoms. The van der Waals surface area contributed by atoms with Crippen LogP contribution in [0.15, 0.2) is 48.5 Å². The molecule has 0 fully saturated rings. The second kappa shape index (κ2) is 4.92. The van der Waals surface area contributed by atoms with Gasteiger partial charge in [-0.1, -0.05) is 0 Å². The molecule has 2 aromatic carbocycles. The van der Waals surface area contributed by atoms with Gasteiger partial charge in [0.1, 0.15) is 0 Å². The van der Waals surface area contributed by atoms with Crippen LogP contribution in [-0.2, 0) is 0 Å². The first kappa shape index (κ1) is 10.9. The number of hydrogen-bond acceptors (Lipinski definition) is 1. The third kappa shape index (κ3) is 3.16. The molecular weight excluding hydrogens is 310 g/mol. The van der Waals surface area contributed by atoms with Gasteiger partial charge < -0.3 is 0 Å². The van der Waals surface area contributed by atoms with E-state index < -0.39 is 0 Å². The average molecular weight is 322 g/mol. The molecule has 3 heteroatoms. The van der Waals surface area contributed by atoms with Gasteiger partial charge in [-0.05, 0) is 0 Å². The van der Waals surface area contributed by atoms with E-state index in [0.29, 0.717) is 0 Å². The van der Waals surface area contributed by atoms with Gasteiger partial charge in [0.15, 0.2) is 0 Å². The maximum atomic E-state index is 5.73. The molecule has 0 aliphatic carbocycles. The summed E-state index contributed by atoms with van der Waals surface area (Å²) < 4.78 is 8.31. The van der Waals surface area contributed by atoms with E-state index in [2.05, 4.69) is 24.3 Å². The summed E-state index contributed by atoms with van der Waals surface area (Å²) in [6.07, 6.45) is 0. The Hall–Kier alpha value is -0.643. The van der Waals surface area contributed by atoms with Crippen LogP contribution >= 0.6 is 0 Å². The van der Waals surface area contributed by atoms with Crippen LogP contribution in [-0.4, -0.2) is 33.7 Å². The zero-order chi connectivity index (χ0) is 10.7. The molecule has 2 aromatic rings. The minimum atomic E-state index is 0.898. The second-order valence-corrected chi connectivity index (χ2v) is 6.04. The Morgan fingerprint density at radius 1 is 0.733 bits per heavy atom. The number of ether oxygens (including phenoxy) is 1. The molecule has 0 saturated heterocycles. The summed E-state index contributed by atoms with van der Waals surface area (Å²) >= 11 is 3.24. The van der Waals surface area contributed by atoms with Crippen molar-refractivity contribution in [3.05, 3.63) is 48.5 Å². The van der Waals surface area contributed by atoms with Gasteiger partial charge in [-0.3, -0.25) is 0 Å². The molecule has 2 rings (SSSR count). The number of benzene rings is 2. The Balaban J connectivity index is 2.18. The molecule has 0 aliphatic rings. The van der Waals surface area contributed by atoms with Crippen LogP contribution in [0.5, 0.6) is 11.5 Å². The monoisotopic (exact) mass is 322 g/mol. The predicted octanol–water partition coefficient (Wildman–Crippen LogP) is -0.00430. The van der Waals surface area contributed by atoms with Crippen molar-refractivity contribution in [2.45, 2.75) is 0 Å². The van der Waals surface area contributed by atoms with Crippen LogP contribution in [0.25, 0.3) is 0 Å². The fourth-order valence-corrected chi connectivity index (χ4v) is 2.23. The molecule has 0 radical (unpaired) electrons. The molecular formula is C12H12As2O. The van der Waals surface area contributed by atoms with E-state index in [4.69, 9.17) is 4.74 Å². The predicted molar refractivity (Wildman–Crippen MR) is 69.3 cm³/mol. The Labute approximate surface area is 107 Å². The van der Waals surface area contributed by atoms with Crippen LogP contribution in [0.4, 0.5) is 0 Å². The van der Waals surface area contributed by atoms with Crippen molar-refractivity contribution in [2.24, 2.45) is 0 Å². The molecule has 0 saturated carbocycles. The van der Waals surface area contributed by atoms with Gasteiger partial charge in [0.25, 0.3) is 0 Å². The van der Waals surface area contributed by atoms with Crippen LogP contribution in [0, 0.1) is 0 Å². The Kier molecular flexibility index (Phi) is 3.56.